The number of rotatable bonds is 4. The maximum Gasteiger partial charge on any atom is 0.573 e. The first-order valence-electron chi connectivity index (χ1n) is 8.79. The van der Waals surface area contributed by atoms with Gasteiger partial charge in [0.25, 0.3) is 0 Å². The molecule has 9 heteroatoms. The fourth-order valence-corrected chi connectivity index (χ4v) is 2.73. The highest BCUT2D eigenvalue weighted by atomic mass is 19.4. The summed E-state index contributed by atoms with van der Waals surface area (Å²) in [4.78, 5) is 16.2. The minimum absolute atomic E-state index is 0.214. The Labute approximate surface area is 165 Å². The summed E-state index contributed by atoms with van der Waals surface area (Å²) < 4.78 is 48.0. The van der Waals surface area contributed by atoms with E-state index in [2.05, 4.69) is 15.0 Å². The summed E-state index contributed by atoms with van der Waals surface area (Å²) in [6.07, 6.45) is -0.115. The van der Waals surface area contributed by atoms with Gasteiger partial charge in [-0.3, -0.25) is 0 Å². The number of alkyl halides is 3. The molecule has 3 aromatic rings. The summed E-state index contributed by atoms with van der Waals surface area (Å²) in [6, 6.07) is 7.35. The topological polar surface area (TPSA) is 64.9 Å². The van der Waals surface area contributed by atoms with Crippen LogP contribution in [-0.4, -0.2) is 27.4 Å². The third-order valence-electron chi connectivity index (χ3n) is 3.78. The van der Waals surface area contributed by atoms with Gasteiger partial charge in [0, 0.05) is 30.7 Å². The van der Waals surface area contributed by atoms with Crippen LogP contribution >= 0.6 is 0 Å². The second-order valence-electron chi connectivity index (χ2n) is 7.35. The number of hydrogen-bond acceptors (Lipinski definition) is 4. The Morgan fingerprint density at radius 1 is 1.17 bits per heavy atom. The smallest absolute Gasteiger partial charge is 0.444 e. The molecule has 0 fully saturated rings. The van der Waals surface area contributed by atoms with Gasteiger partial charge in [-0.25, -0.2) is 9.78 Å². The Hall–Kier alpha value is -3.23. The highest BCUT2D eigenvalue weighted by molar-refractivity contribution is 5.78. The lowest BCUT2D eigenvalue weighted by Gasteiger charge is -2.19. The summed E-state index contributed by atoms with van der Waals surface area (Å²) in [6.45, 7) is 5.53. The van der Waals surface area contributed by atoms with Crippen LogP contribution in [0.2, 0.25) is 0 Å². The van der Waals surface area contributed by atoms with Crippen molar-refractivity contribution in [3.8, 4) is 16.9 Å². The van der Waals surface area contributed by atoms with E-state index in [1.54, 1.807) is 37.6 Å². The second-order valence-corrected chi connectivity index (χ2v) is 7.35. The van der Waals surface area contributed by atoms with Crippen LogP contribution in [0.15, 0.2) is 48.9 Å². The number of hydrogen-bond donors (Lipinski definition) is 1. The van der Waals surface area contributed by atoms with Crippen molar-refractivity contribution >= 4 is 11.7 Å². The SMILES string of the molecule is CC(C)(C)OC(=O)NCc1cc(-c2ccc(OC(F)(F)F)cc2)c2nccn2c1. The average molecular weight is 407 g/mol. The molecule has 0 aliphatic heterocycles. The molecule has 0 bridgehead atoms. The highest BCUT2D eigenvalue weighted by Crippen LogP contribution is 2.29. The van der Waals surface area contributed by atoms with Crippen molar-refractivity contribution in [3.05, 3.63) is 54.5 Å². The maximum atomic E-state index is 12.4. The van der Waals surface area contributed by atoms with Crippen molar-refractivity contribution in [1.82, 2.24) is 14.7 Å². The largest absolute Gasteiger partial charge is 0.573 e. The molecule has 154 valence electrons. The number of carbonyl (C=O) groups excluding carboxylic acids is 1. The molecule has 2 aromatic heterocycles. The van der Waals surface area contributed by atoms with Crippen molar-refractivity contribution in [2.45, 2.75) is 39.3 Å². The Morgan fingerprint density at radius 2 is 1.86 bits per heavy atom. The lowest BCUT2D eigenvalue weighted by atomic mass is 10.0. The molecule has 1 aromatic carbocycles. The molecule has 0 aliphatic carbocycles. The van der Waals surface area contributed by atoms with Crippen LogP contribution in [0.1, 0.15) is 26.3 Å². The molecule has 0 aliphatic rings. The van der Waals surface area contributed by atoms with Crippen LogP contribution in [0.4, 0.5) is 18.0 Å². The van der Waals surface area contributed by atoms with E-state index in [4.69, 9.17) is 4.74 Å². The van der Waals surface area contributed by atoms with Crippen molar-refractivity contribution in [1.29, 1.82) is 0 Å². The summed E-state index contributed by atoms with van der Waals surface area (Å²) >= 11 is 0. The average Bonchev–Trinajstić information content (AvgIpc) is 3.05. The number of carbonyl (C=O) groups is 1. The van der Waals surface area contributed by atoms with Gasteiger partial charge in [0.05, 0.1) is 0 Å². The van der Waals surface area contributed by atoms with Crippen LogP contribution in [0.3, 0.4) is 0 Å². The minimum Gasteiger partial charge on any atom is -0.444 e. The second kappa shape index (κ2) is 7.65. The zero-order valence-electron chi connectivity index (χ0n) is 16.1. The summed E-state index contributed by atoms with van der Waals surface area (Å²) in [7, 11) is 0. The van der Waals surface area contributed by atoms with E-state index in [0.717, 1.165) is 5.56 Å². The van der Waals surface area contributed by atoms with Gasteiger partial charge in [0.15, 0.2) is 0 Å². The first kappa shape index (κ1) is 20.5. The number of nitrogens with zero attached hydrogens (tertiary/aromatic N) is 2. The molecule has 1 N–H and O–H groups in total. The Bertz CT molecular complexity index is 1010. The third kappa shape index (κ3) is 5.63. The molecule has 0 saturated heterocycles. The number of halogens is 3. The number of pyridine rings is 1. The number of benzene rings is 1. The molecule has 2 heterocycles. The number of fused-ring (bicyclic) bond motifs is 1. The number of alkyl carbamates (subject to hydrolysis) is 1. The molecule has 3 rings (SSSR count). The van der Waals surface area contributed by atoms with Gasteiger partial charge in [-0.05, 0) is 50.1 Å². The molecule has 0 atom stereocenters. The maximum absolute atomic E-state index is 12.4. The van der Waals surface area contributed by atoms with E-state index in [9.17, 15) is 18.0 Å². The van der Waals surface area contributed by atoms with E-state index < -0.39 is 18.1 Å². The number of imidazole rings is 1. The Kier molecular flexibility index (Phi) is 5.41. The molecule has 0 unspecified atom stereocenters. The van der Waals surface area contributed by atoms with E-state index >= 15 is 0 Å². The van der Waals surface area contributed by atoms with Crippen LogP contribution in [0, 0.1) is 0 Å². The van der Waals surface area contributed by atoms with Crippen LogP contribution in [-0.2, 0) is 11.3 Å². The summed E-state index contributed by atoms with van der Waals surface area (Å²) in [5.74, 6) is -0.302. The predicted octanol–water partition coefficient (Wildman–Crippen LogP) is 4.92. The van der Waals surface area contributed by atoms with Gasteiger partial charge < -0.3 is 19.2 Å². The number of ether oxygens (including phenoxy) is 2. The van der Waals surface area contributed by atoms with E-state index in [0.29, 0.717) is 16.8 Å². The van der Waals surface area contributed by atoms with Gasteiger partial charge in [-0.1, -0.05) is 12.1 Å². The van der Waals surface area contributed by atoms with Gasteiger partial charge in [0.2, 0.25) is 0 Å². The fourth-order valence-electron chi connectivity index (χ4n) is 2.73. The number of amides is 1. The number of aromatic nitrogens is 2. The fraction of sp³-hybridized carbons (Fsp3) is 0.300. The molecule has 6 nitrogen and oxygen atoms in total. The molecule has 1 amide bonds. The quantitative estimate of drug-likeness (QED) is 0.666. The Balaban J connectivity index is 1.84. The molecule has 0 radical (unpaired) electrons. The normalized spacial score (nSPS) is 12.1. The van der Waals surface area contributed by atoms with Gasteiger partial charge >= 0.3 is 12.5 Å². The minimum atomic E-state index is -4.74. The van der Waals surface area contributed by atoms with Crippen molar-refractivity contribution in [2.24, 2.45) is 0 Å². The molecule has 0 saturated carbocycles. The zero-order valence-corrected chi connectivity index (χ0v) is 16.1. The summed E-state index contributed by atoms with van der Waals surface area (Å²) in [5, 5.41) is 2.69. The van der Waals surface area contributed by atoms with E-state index in [-0.39, 0.29) is 12.3 Å². The lowest BCUT2D eigenvalue weighted by Crippen LogP contribution is -2.32. The standard InChI is InChI=1S/C20H20F3N3O3/c1-19(2,3)29-18(27)25-11-13-10-16(17-24-8-9-26(17)12-13)14-4-6-15(7-5-14)28-20(21,22)23/h4-10,12H,11H2,1-3H3,(H,25,27). The summed E-state index contributed by atoms with van der Waals surface area (Å²) in [5.41, 5.74) is 2.17. The molecule has 0 spiro atoms. The predicted molar refractivity (Wildman–Crippen MR) is 100 cm³/mol. The highest BCUT2D eigenvalue weighted by Gasteiger charge is 2.31. The van der Waals surface area contributed by atoms with Crippen molar-refractivity contribution in [3.63, 3.8) is 0 Å². The van der Waals surface area contributed by atoms with Gasteiger partial charge in [-0.2, -0.15) is 0 Å². The van der Waals surface area contributed by atoms with E-state index in [1.807, 2.05) is 12.3 Å². The molecule has 29 heavy (non-hydrogen) atoms. The number of nitrogens with one attached hydrogen (secondary N) is 1. The first-order chi connectivity index (χ1) is 13.5. The third-order valence-corrected chi connectivity index (χ3v) is 3.78. The van der Waals surface area contributed by atoms with Crippen molar-refractivity contribution < 1.29 is 27.4 Å². The van der Waals surface area contributed by atoms with Gasteiger partial charge in [0.1, 0.15) is 17.0 Å². The van der Waals surface area contributed by atoms with Crippen LogP contribution in [0.25, 0.3) is 16.8 Å². The van der Waals surface area contributed by atoms with E-state index in [1.165, 1.54) is 24.3 Å². The Morgan fingerprint density at radius 3 is 2.48 bits per heavy atom. The van der Waals surface area contributed by atoms with Crippen molar-refractivity contribution in [2.75, 3.05) is 0 Å². The van der Waals surface area contributed by atoms with Crippen LogP contribution < -0.4 is 10.1 Å². The zero-order chi connectivity index (χ0) is 21.2. The lowest BCUT2D eigenvalue weighted by molar-refractivity contribution is -0.274. The monoisotopic (exact) mass is 407 g/mol. The molecular formula is C20H20F3N3O3. The molecular weight excluding hydrogens is 387 g/mol. The van der Waals surface area contributed by atoms with Gasteiger partial charge in [-0.15, -0.1) is 13.2 Å². The van der Waals surface area contributed by atoms with Crippen LogP contribution in [0.5, 0.6) is 5.75 Å². The first-order valence-corrected chi connectivity index (χ1v) is 8.79.